The molecule has 0 spiro atoms. The SMILES string of the molecule is O=C(NC1C2CCC(C2)C1C(=O)O)c1cc(Cl)ccc1Br. The molecule has 6 heteroatoms. The highest BCUT2D eigenvalue weighted by Crippen LogP contribution is 2.48. The number of carbonyl (C=O) groups excluding carboxylic acids is 1. The zero-order chi connectivity index (χ0) is 15.1. The van der Waals surface area contributed by atoms with E-state index in [9.17, 15) is 14.7 Å². The van der Waals surface area contributed by atoms with E-state index in [1.54, 1.807) is 18.2 Å². The Labute approximate surface area is 136 Å². The highest BCUT2D eigenvalue weighted by Gasteiger charge is 2.51. The first-order chi connectivity index (χ1) is 9.97. The molecule has 0 saturated heterocycles. The van der Waals surface area contributed by atoms with Gasteiger partial charge in [-0.1, -0.05) is 11.6 Å². The number of carboxylic acids is 1. The molecular formula is C15H15BrClNO3. The van der Waals surface area contributed by atoms with Gasteiger partial charge in [-0.2, -0.15) is 0 Å². The van der Waals surface area contributed by atoms with Crippen molar-refractivity contribution in [2.75, 3.05) is 0 Å². The monoisotopic (exact) mass is 371 g/mol. The number of halogens is 2. The largest absolute Gasteiger partial charge is 0.481 e. The van der Waals surface area contributed by atoms with Gasteiger partial charge in [0.25, 0.3) is 5.91 Å². The fraction of sp³-hybridized carbons (Fsp3) is 0.467. The lowest BCUT2D eigenvalue weighted by molar-refractivity contribution is -0.144. The molecular weight excluding hydrogens is 358 g/mol. The quantitative estimate of drug-likeness (QED) is 0.855. The van der Waals surface area contributed by atoms with Gasteiger partial charge in [-0.15, -0.1) is 0 Å². The predicted octanol–water partition coefficient (Wildman–Crippen LogP) is 3.33. The molecule has 2 bridgehead atoms. The fourth-order valence-corrected chi connectivity index (χ4v) is 4.35. The van der Waals surface area contributed by atoms with Crippen LogP contribution in [0.2, 0.25) is 5.02 Å². The molecule has 2 aliphatic rings. The van der Waals surface area contributed by atoms with Crippen LogP contribution in [0.15, 0.2) is 22.7 Å². The fourth-order valence-electron chi connectivity index (χ4n) is 3.75. The summed E-state index contributed by atoms with van der Waals surface area (Å²) in [6, 6.07) is 4.72. The second kappa shape index (κ2) is 5.61. The molecule has 1 aromatic rings. The van der Waals surface area contributed by atoms with E-state index >= 15 is 0 Å². The van der Waals surface area contributed by atoms with Crippen LogP contribution in [-0.2, 0) is 4.79 Å². The van der Waals surface area contributed by atoms with Gasteiger partial charge in [0.05, 0.1) is 11.5 Å². The number of fused-ring (bicyclic) bond motifs is 2. The van der Waals surface area contributed by atoms with Gasteiger partial charge in [-0.3, -0.25) is 9.59 Å². The van der Waals surface area contributed by atoms with Gasteiger partial charge in [-0.25, -0.2) is 0 Å². The summed E-state index contributed by atoms with van der Waals surface area (Å²) in [6.07, 6.45) is 2.85. The first-order valence-corrected chi connectivity index (χ1v) is 8.13. The Bertz CT molecular complexity index is 607. The van der Waals surface area contributed by atoms with Crippen molar-refractivity contribution in [3.63, 3.8) is 0 Å². The zero-order valence-corrected chi connectivity index (χ0v) is 13.5. The lowest BCUT2D eigenvalue weighted by atomic mass is 9.84. The van der Waals surface area contributed by atoms with Gasteiger partial charge >= 0.3 is 5.97 Å². The normalized spacial score (nSPS) is 30.4. The van der Waals surface area contributed by atoms with Gasteiger partial charge in [0.1, 0.15) is 0 Å². The Hall–Kier alpha value is -1.07. The van der Waals surface area contributed by atoms with Crippen molar-refractivity contribution in [1.29, 1.82) is 0 Å². The van der Waals surface area contributed by atoms with Crippen LogP contribution >= 0.6 is 27.5 Å². The number of carbonyl (C=O) groups is 2. The molecule has 0 aliphatic heterocycles. The maximum atomic E-state index is 12.4. The minimum atomic E-state index is -0.808. The van der Waals surface area contributed by atoms with Gasteiger partial charge in [0.2, 0.25) is 0 Å². The van der Waals surface area contributed by atoms with Crippen LogP contribution in [0.4, 0.5) is 0 Å². The maximum absolute atomic E-state index is 12.4. The molecule has 2 N–H and O–H groups in total. The minimum Gasteiger partial charge on any atom is -0.481 e. The molecule has 2 fully saturated rings. The van der Waals surface area contributed by atoms with Gasteiger partial charge in [0, 0.05) is 15.5 Å². The summed E-state index contributed by atoms with van der Waals surface area (Å²) in [5, 5.41) is 12.8. The van der Waals surface area contributed by atoms with E-state index in [-0.39, 0.29) is 23.8 Å². The molecule has 3 rings (SSSR count). The topological polar surface area (TPSA) is 66.4 Å². The summed E-state index contributed by atoms with van der Waals surface area (Å²) >= 11 is 9.25. The number of carboxylic acid groups (broad SMARTS) is 1. The number of hydrogen-bond donors (Lipinski definition) is 2. The predicted molar refractivity (Wildman–Crippen MR) is 82.4 cm³/mol. The molecule has 0 radical (unpaired) electrons. The van der Waals surface area contributed by atoms with Crippen molar-refractivity contribution in [2.45, 2.75) is 25.3 Å². The molecule has 4 unspecified atom stereocenters. The number of amides is 1. The van der Waals surface area contributed by atoms with Crippen LogP contribution in [0.5, 0.6) is 0 Å². The minimum absolute atomic E-state index is 0.195. The summed E-state index contributed by atoms with van der Waals surface area (Å²) in [4.78, 5) is 23.9. The van der Waals surface area contributed by atoms with E-state index in [1.165, 1.54) is 0 Å². The van der Waals surface area contributed by atoms with Crippen LogP contribution in [0.3, 0.4) is 0 Å². The average Bonchev–Trinajstić information content (AvgIpc) is 3.02. The van der Waals surface area contributed by atoms with Crippen molar-refractivity contribution in [3.05, 3.63) is 33.3 Å². The third-order valence-corrected chi connectivity index (χ3v) is 5.60. The van der Waals surface area contributed by atoms with Crippen molar-refractivity contribution < 1.29 is 14.7 Å². The van der Waals surface area contributed by atoms with Crippen molar-refractivity contribution >= 4 is 39.4 Å². The Morgan fingerprint density at radius 2 is 2.00 bits per heavy atom. The summed E-state index contributed by atoms with van der Waals surface area (Å²) in [7, 11) is 0. The Kier molecular flexibility index (Phi) is 3.97. The Morgan fingerprint density at radius 1 is 1.29 bits per heavy atom. The van der Waals surface area contributed by atoms with Crippen LogP contribution in [0.25, 0.3) is 0 Å². The number of hydrogen-bond acceptors (Lipinski definition) is 2. The molecule has 1 amide bonds. The number of rotatable bonds is 3. The summed E-state index contributed by atoms with van der Waals surface area (Å²) in [5.74, 6) is -1.07. The van der Waals surface area contributed by atoms with E-state index in [4.69, 9.17) is 11.6 Å². The molecule has 0 heterocycles. The Balaban J connectivity index is 1.81. The van der Waals surface area contributed by atoms with Crippen LogP contribution in [-0.4, -0.2) is 23.0 Å². The second-order valence-electron chi connectivity index (χ2n) is 5.82. The smallest absolute Gasteiger partial charge is 0.308 e. The summed E-state index contributed by atoms with van der Waals surface area (Å²) in [6.45, 7) is 0. The van der Waals surface area contributed by atoms with E-state index in [0.29, 0.717) is 15.1 Å². The van der Waals surface area contributed by atoms with E-state index in [2.05, 4.69) is 21.2 Å². The lowest BCUT2D eigenvalue weighted by Crippen LogP contribution is -2.46. The molecule has 2 saturated carbocycles. The number of benzene rings is 1. The molecule has 112 valence electrons. The van der Waals surface area contributed by atoms with Crippen molar-refractivity contribution in [3.8, 4) is 0 Å². The Morgan fingerprint density at radius 3 is 2.71 bits per heavy atom. The summed E-state index contributed by atoms with van der Waals surface area (Å²) < 4.78 is 0.652. The molecule has 4 atom stereocenters. The van der Waals surface area contributed by atoms with Gasteiger partial charge in [-0.05, 0) is 65.2 Å². The second-order valence-corrected chi connectivity index (χ2v) is 7.11. The molecule has 21 heavy (non-hydrogen) atoms. The summed E-state index contributed by atoms with van der Waals surface area (Å²) in [5.41, 5.74) is 0.439. The van der Waals surface area contributed by atoms with Crippen LogP contribution in [0, 0.1) is 17.8 Å². The van der Waals surface area contributed by atoms with E-state index in [0.717, 1.165) is 19.3 Å². The first-order valence-electron chi connectivity index (χ1n) is 6.96. The molecule has 2 aliphatic carbocycles. The number of nitrogens with one attached hydrogen (secondary N) is 1. The maximum Gasteiger partial charge on any atom is 0.308 e. The molecule has 4 nitrogen and oxygen atoms in total. The first kappa shape index (κ1) is 14.9. The molecule has 0 aromatic heterocycles. The van der Waals surface area contributed by atoms with E-state index < -0.39 is 11.9 Å². The molecule has 1 aromatic carbocycles. The third-order valence-electron chi connectivity index (χ3n) is 4.67. The number of aliphatic carboxylic acids is 1. The van der Waals surface area contributed by atoms with Crippen molar-refractivity contribution in [2.24, 2.45) is 17.8 Å². The average molecular weight is 373 g/mol. The highest BCUT2D eigenvalue weighted by molar-refractivity contribution is 9.10. The van der Waals surface area contributed by atoms with Gasteiger partial charge in [0.15, 0.2) is 0 Å². The van der Waals surface area contributed by atoms with E-state index in [1.807, 2.05) is 0 Å². The third kappa shape index (κ3) is 2.69. The standard InChI is InChI=1S/C15H15BrClNO3/c16-11-4-3-9(17)6-10(11)14(19)18-13-8-2-1-7(5-8)12(13)15(20)21/h3-4,6-8,12-13H,1-2,5H2,(H,18,19)(H,20,21). The van der Waals surface area contributed by atoms with Crippen molar-refractivity contribution in [1.82, 2.24) is 5.32 Å². The van der Waals surface area contributed by atoms with Crippen LogP contribution < -0.4 is 5.32 Å². The van der Waals surface area contributed by atoms with Crippen LogP contribution in [0.1, 0.15) is 29.6 Å². The zero-order valence-electron chi connectivity index (χ0n) is 11.2. The lowest BCUT2D eigenvalue weighted by Gasteiger charge is -2.29. The van der Waals surface area contributed by atoms with Gasteiger partial charge < -0.3 is 10.4 Å². The highest BCUT2D eigenvalue weighted by atomic mass is 79.9.